The molecule has 6 nitrogen and oxygen atoms in total. The van der Waals surface area contributed by atoms with Crippen molar-refractivity contribution in [3.63, 3.8) is 0 Å². The molecular formula is C16H13FN4O2. The van der Waals surface area contributed by atoms with Crippen molar-refractivity contribution in [2.45, 2.75) is 0 Å². The van der Waals surface area contributed by atoms with Crippen LogP contribution < -0.4 is 10.6 Å². The molecule has 3 aromatic rings. The molecule has 0 saturated heterocycles. The van der Waals surface area contributed by atoms with Crippen LogP contribution in [0.15, 0.2) is 54.7 Å². The minimum atomic E-state index is -0.670. The highest BCUT2D eigenvalue weighted by molar-refractivity contribution is 5.66. The molecule has 0 fully saturated rings. The van der Waals surface area contributed by atoms with Crippen molar-refractivity contribution in [1.82, 2.24) is 9.97 Å². The molecule has 4 N–H and O–H groups in total. The summed E-state index contributed by atoms with van der Waals surface area (Å²) in [5.41, 5.74) is 0.714. The van der Waals surface area contributed by atoms with Crippen LogP contribution >= 0.6 is 0 Å². The summed E-state index contributed by atoms with van der Waals surface area (Å²) in [6.45, 7) is 0. The number of rotatable bonds is 4. The lowest BCUT2D eigenvalue weighted by Gasteiger charge is -2.11. The fraction of sp³-hybridized carbons (Fsp3) is 0. The fourth-order valence-corrected chi connectivity index (χ4v) is 1.92. The number of hydrogen-bond donors (Lipinski definition) is 4. The second-order valence-electron chi connectivity index (χ2n) is 4.67. The third-order valence-electron chi connectivity index (χ3n) is 3.05. The third kappa shape index (κ3) is 3.29. The minimum Gasteiger partial charge on any atom is -0.506 e. The molecule has 0 amide bonds. The molecule has 1 aromatic heterocycles. The number of aromatic nitrogens is 2. The van der Waals surface area contributed by atoms with Crippen molar-refractivity contribution in [3.05, 3.63) is 60.5 Å². The van der Waals surface area contributed by atoms with Gasteiger partial charge in [-0.15, -0.1) is 0 Å². The summed E-state index contributed by atoms with van der Waals surface area (Å²) < 4.78 is 13.9. The topological polar surface area (TPSA) is 90.3 Å². The van der Waals surface area contributed by atoms with Gasteiger partial charge in [0.25, 0.3) is 0 Å². The van der Waals surface area contributed by atoms with Crippen LogP contribution in [0.25, 0.3) is 0 Å². The predicted molar refractivity (Wildman–Crippen MR) is 84.8 cm³/mol. The summed E-state index contributed by atoms with van der Waals surface area (Å²) in [6, 6.07) is 13.0. The number of para-hydroxylation sites is 4. The molecule has 0 spiro atoms. The Morgan fingerprint density at radius 2 is 1.39 bits per heavy atom. The van der Waals surface area contributed by atoms with Crippen LogP contribution in [-0.4, -0.2) is 20.2 Å². The van der Waals surface area contributed by atoms with Crippen LogP contribution in [0.2, 0.25) is 0 Å². The molecule has 0 aliphatic rings. The number of phenols is 2. The van der Waals surface area contributed by atoms with E-state index in [1.165, 1.54) is 12.1 Å². The average molecular weight is 312 g/mol. The monoisotopic (exact) mass is 312 g/mol. The minimum absolute atomic E-state index is 0.0237. The first-order valence-electron chi connectivity index (χ1n) is 6.76. The number of phenolic OH excluding ortho intramolecular Hbond substituents is 2. The van der Waals surface area contributed by atoms with E-state index in [2.05, 4.69) is 20.6 Å². The number of halogens is 1. The van der Waals surface area contributed by atoms with Gasteiger partial charge in [-0.3, -0.25) is 0 Å². The number of benzene rings is 2. The molecule has 0 aliphatic carbocycles. The summed E-state index contributed by atoms with van der Waals surface area (Å²) >= 11 is 0. The van der Waals surface area contributed by atoms with E-state index < -0.39 is 5.82 Å². The van der Waals surface area contributed by atoms with E-state index >= 15 is 0 Å². The Kier molecular flexibility index (Phi) is 3.92. The second kappa shape index (κ2) is 6.18. The quantitative estimate of drug-likeness (QED) is 0.551. The number of nitrogens with zero attached hydrogens (tertiary/aromatic N) is 2. The van der Waals surface area contributed by atoms with Crippen molar-refractivity contribution in [2.75, 3.05) is 10.6 Å². The van der Waals surface area contributed by atoms with Gasteiger partial charge >= 0.3 is 0 Å². The van der Waals surface area contributed by atoms with E-state index in [1.807, 2.05) is 0 Å². The maximum absolute atomic E-state index is 13.9. The zero-order chi connectivity index (χ0) is 16.2. The van der Waals surface area contributed by atoms with E-state index in [9.17, 15) is 14.6 Å². The second-order valence-corrected chi connectivity index (χ2v) is 4.67. The Morgan fingerprint density at radius 3 is 2.00 bits per heavy atom. The summed E-state index contributed by atoms with van der Waals surface area (Å²) in [5, 5.41) is 25.0. The van der Waals surface area contributed by atoms with Crippen molar-refractivity contribution in [3.8, 4) is 11.5 Å². The Morgan fingerprint density at radius 1 is 0.826 bits per heavy atom. The smallest absolute Gasteiger partial charge is 0.229 e. The van der Waals surface area contributed by atoms with Gasteiger partial charge in [-0.2, -0.15) is 4.98 Å². The highest BCUT2D eigenvalue weighted by Crippen LogP contribution is 2.28. The summed E-state index contributed by atoms with van der Waals surface area (Å²) in [7, 11) is 0. The fourth-order valence-electron chi connectivity index (χ4n) is 1.92. The number of aromatic hydroxyl groups is 2. The van der Waals surface area contributed by atoms with Gasteiger partial charge in [-0.05, 0) is 24.3 Å². The van der Waals surface area contributed by atoms with Gasteiger partial charge in [0.05, 0.1) is 17.6 Å². The Labute approximate surface area is 131 Å². The van der Waals surface area contributed by atoms with Crippen LogP contribution in [0.4, 0.5) is 27.5 Å². The Balaban J connectivity index is 1.88. The molecule has 7 heteroatoms. The lowest BCUT2D eigenvalue weighted by molar-refractivity contribution is 0.477. The van der Waals surface area contributed by atoms with Crippen molar-refractivity contribution >= 4 is 23.1 Å². The molecule has 0 radical (unpaired) electrons. The molecule has 116 valence electrons. The molecular weight excluding hydrogens is 299 g/mol. The van der Waals surface area contributed by atoms with Crippen LogP contribution in [0.1, 0.15) is 0 Å². The zero-order valence-electron chi connectivity index (χ0n) is 11.9. The normalized spacial score (nSPS) is 10.3. The largest absolute Gasteiger partial charge is 0.506 e. The van der Waals surface area contributed by atoms with E-state index in [0.29, 0.717) is 11.4 Å². The van der Waals surface area contributed by atoms with Gasteiger partial charge in [0.15, 0.2) is 11.6 Å². The summed E-state index contributed by atoms with van der Waals surface area (Å²) in [4.78, 5) is 7.84. The van der Waals surface area contributed by atoms with Gasteiger partial charge in [0.2, 0.25) is 5.95 Å². The highest BCUT2D eigenvalue weighted by Gasteiger charge is 2.10. The first-order valence-corrected chi connectivity index (χ1v) is 6.76. The first-order chi connectivity index (χ1) is 11.1. The molecule has 0 bridgehead atoms. The van der Waals surface area contributed by atoms with Crippen molar-refractivity contribution in [2.24, 2.45) is 0 Å². The first kappa shape index (κ1) is 14.6. The van der Waals surface area contributed by atoms with Gasteiger partial charge in [0.1, 0.15) is 11.5 Å². The number of nitrogens with one attached hydrogen (secondary N) is 2. The average Bonchev–Trinajstić information content (AvgIpc) is 2.55. The van der Waals surface area contributed by atoms with E-state index in [1.54, 1.807) is 36.4 Å². The molecule has 0 saturated carbocycles. The standard InChI is InChI=1S/C16H13FN4O2/c17-10-9-18-16(20-12-6-2-4-8-14(12)23)21-15(10)19-11-5-1-3-7-13(11)22/h1-9,22-23H,(H2,18,19,20,21). The summed E-state index contributed by atoms with van der Waals surface area (Å²) in [5.74, 6) is -0.669. The molecule has 1 heterocycles. The third-order valence-corrected chi connectivity index (χ3v) is 3.05. The zero-order valence-corrected chi connectivity index (χ0v) is 11.9. The SMILES string of the molecule is Oc1ccccc1Nc1ncc(F)c(Nc2ccccc2O)n1. The van der Waals surface area contributed by atoms with E-state index in [0.717, 1.165) is 6.20 Å². The van der Waals surface area contributed by atoms with Crippen LogP contribution in [0.3, 0.4) is 0 Å². The molecule has 3 rings (SSSR count). The number of anilines is 4. The van der Waals surface area contributed by atoms with Gasteiger partial charge < -0.3 is 20.8 Å². The molecule has 2 aromatic carbocycles. The molecule has 0 atom stereocenters. The van der Waals surface area contributed by atoms with Crippen molar-refractivity contribution < 1.29 is 14.6 Å². The van der Waals surface area contributed by atoms with Gasteiger partial charge in [-0.1, -0.05) is 24.3 Å². The maximum Gasteiger partial charge on any atom is 0.229 e. The van der Waals surface area contributed by atoms with E-state index in [-0.39, 0.29) is 23.3 Å². The lowest BCUT2D eigenvalue weighted by Crippen LogP contribution is -2.03. The lowest BCUT2D eigenvalue weighted by atomic mass is 10.3. The van der Waals surface area contributed by atoms with Gasteiger partial charge in [0, 0.05) is 0 Å². The maximum atomic E-state index is 13.9. The Bertz CT molecular complexity index is 842. The van der Waals surface area contributed by atoms with Crippen LogP contribution in [0.5, 0.6) is 11.5 Å². The number of hydrogen-bond acceptors (Lipinski definition) is 6. The predicted octanol–water partition coefficient (Wildman–Crippen LogP) is 3.51. The van der Waals surface area contributed by atoms with Gasteiger partial charge in [-0.25, -0.2) is 9.37 Å². The summed E-state index contributed by atoms with van der Waals surface area (Å²) in [6.07, 6.45) is 0.998. The molecule has 0 aliphatic heterocycles. The molecule has 23 heavy (non-hydrogen) atoms. The van der Waals surface area contributed by atoms with Crippen molar-refractivity contribution in [1.29, 1.82) is 0 Å². The van der Waals surface area contributed by atoms with E-state index in [4.69, 9.17) is 0 Å². The highest BCUT2D eigenvalue weighted by atomic mass is 19.1. The molecule has 0 unspecified atom stereocenters. The van der Waals surface area contributed by atoms with Crippen LogP contribution in [-0.2, 0) is 0 Å². The Hall–Kier alpha value is -3.35. The van der Waals surface area contributed by atoms with Crippen LogP contribution in [0, 0.1) is 5.82 Å².